The fourth-order valence-corrected chi connectivity index (χ4v) is 3.36. The van der Waals surface area contributed by atoms with Crippen LogP contribution in [-0.2, 0) is 4.79 Å². The molecule has 3 nitrogen and oxygen atoms in total. The SMILES string of the molecule is O=C1Nc2cc(Sc3cc(Cl)ccc3Cl)ccc2C1O. The number of anilines is 1. The van der Waals surface area contributed by atoms with E-state index in [4.69, 9.17) is 23.2 Å². The van der Waals surface area contributed by atoms with E-state index in [1.807, 2.05) is 12.1 Å². The lowest BCUT2D eigenvalue weighted by Gasteiger charge is -2.07. The summed E-state index contributed by atoms with van der Waals surface area (Å²) in [6, 6.07) is 10.6. The van der Waals surface area contributed by atoms with Crippen LogP contribution in [0.3, 0.4) is 0 Å². The number of halogens is 2. The normalized spacial score (nSPS) is 16.9. The third kappa shape index (κ3) is 2.52. The predicted octanol–water partition coefficient (Wildman–Crippen LogP) is 4.13. The molecule has 0 spiro atoms. The van der Waals surface area contributed by atoms with Gasteiger partial charge in [-0.15, -0.1) is 0 Å². The van der Waals surface area contributed by atoms with E-state index in [0.717, 1.165) is 9.79 Å². The van der Waals surface area contributed by atoms with E-state index in [-0.39, 0.29) is 0 Å². The minimum Gasteiger partial charge on any atom is -0.378 e. The maximum atomic E-state index is 11.4. The molecule has 2 aromatic rings. The molecule has 2 aromatic carbocycles. The summed E-state index contributed by atoms with van der Waals surface area (Å²) < 4.78 is 0. The zero-order chi connectivity index (χ0) is 14.3. The van der Waals surface area contributed by atoms with Gasteiger partial charge in [-0.2, -0.15) is 0 Å². The monoisotopic (exact) mass is 325 g/mol. The second kappa shape index (κ2) is 5.30. The van der Waals surface area contributed by atoms with Crippen molar-refractivity contribution in [1.29, 1.82) is 0 Å². The number of amides is 1. The van der Waals surface area contributed by atoms with Crippen LogP contribution >= 0.6 is 35.0 Å². The van der Waals surface area contributed by atoms with E-state index < -0.39 is 12.0 Å². The molecule has 6 heteroatoms. The lowest BCUT2D eigenvalue weighted by molar-refractivity contribution is -0.123. The third-order valence-corrected chi connectivity index (χ3v) is 4.67. The lowest BCUT2D eigenvalue weighted by atomic mass is 10.1. The first-order valence-corrected chi connectivity index (χ1v) is 7.37. The van der Waals surface area contributed by atoms with Crippen molar-refractivity contribution in [3.8, 4) is 0 Å². The van der Waals surface area contributed by atoms with Gasteiger partial charge in [-0.05, 0) is 30.3 Å². The third-order valence-electron chi connectivity index (χ3n) is 2.95. The summed E-state index contributed by atoms with van der Waals surface area (Å²) in [7, 11) is 0. The van der Waals surface area contributed by atoms with E-state index >= 15 is 0 Å². The molecular formula is C14H9Cl2NO2S. The summed E-state index contributed by atoms with van der Waals surface area (Å²) in [6.45, 7) is 0. The quantitative estimate of drug-likeness (QED) is 0.872. The molecule has 1 aliphatic heterocycles. The van der Waals surface area contributed by atoms with Gasteiger partial charge in [0.2, 0.25) is 0 Å². The zero-order valence-electron chi connectivity index (χ0n) is 10.1. The van der Waals surface area contributed by atoms with Crippen molar-refractivity contribution in [2.45, 2.75) is 15.9 Å². The highest BCUT2D eigenvalue weighted by molar-refractivity contribution is 7.99. The molecule has 0 saturated heterocycles. The average molecular weight is 326 g/mol. The average Bonchev–Trinajstić information content (AvgIpc) is 2.69. The Bertz CT molecular complexity index is 706. The molecule has 1 heterocycles. The fraction of sp³-hybridized carbons (Fsp3) is 0.0714. The highest BCUT2D eigenvalue weighted by Gasteiger charge is 2.28. The van der Waals surface area contributed by atoms with E-state index in [2.05, 4.69) is 5.32 Å². The van der Waals surface area contributed by atoms with Crippen LogP contribution in [0.15, 0.2) is 46.2 Å². The number of carbonyl (C=O) groups excluding carboxylic acids is 1. The van der Waals surface area contributed by atoms with Gasteiger partial charge in [0.25, 0.3) is 5.91 Å². The first kappa shape index (κ1) is 13.8. The molecular weight excluding hydrogens is 317 g/mol. The number of nitrogens with one attached hydrogen (secondary N) is 1. The number of aliphatic hydroxyl groups excluding tert-OH is 1. The van der Waals surface area contributed by atoms with Crippen molar-refractivity contribution in [1.82, 2.24) is 0 Å². The Balaban J connectivity index is 1.92. The summed E-state index contributed by atoms with van der Waals surface area (Å²) in [5, 5.41) is 13.5. The molecule has 1 aliphatic rings. The molecule has 0 bridgehead atoms. The highest BCUT2D eigenvalue weighted by Crippen LogP contribution is 2.39. The van der Waals surface area contributed by atoms with Crippen LogP contribution in [0.25, 0.3) is 0 Å². The van der Waals surface area contributed by atoms with Crippen LogP contribution in [0.5, 0.6) is 0 Å². The first-order valence-electron chi connectivity index (χ1n) is 5.80. The van der Waals surface area contributed by atoms with E-state index in [0.29, 0.717) is 21.3 Å². The number of aliphatic hydroxyl groups is 1. The van der Waals surface area contributed by atoms with Gasteiger partial charge in [-0.1, -0.05) is 41.0 Å². The first-order chi connectivity index (χ1) is 9.54. The Morgan fingerprint density at radius 3 is 2.75 bits per heavy atom. The number of hydrogen-bond donors (Lipinski definition) is 2. The van der Waals surface area contributed by atoms with Gasteiger partial charge in [0, 0.05) is 26.1 Å². The smallest absolute Gasteiger partial charge is 0.257 e. The van der Waals surface area contributed by atoms with Gasteiger partial charge in [0.15, 0.2) is 6.10 Å². The topological polar surface area (TPSA) is 49.3 Å². The Morgan fingerprint density at radius 1 is 1.15 bits per heavy atom. The fourth-order valence-electron chi connectivity index (χ4n) is 1.97. The summed E-state index contributed by atoms with van der Waals surface area (Å²) in [6.07, 6.45) is -1.08. The van der Waals surface area contributed by atoms with Crippen LogP contribution in [-0.4, -0.2) is 11.0 Å². The molecule has 0 aromatic heterocycles. The predicted molar refractivity (Wildman–Crippen MR) is 80.6 cm³/mol. The van der Waals surface area contributed by atoms with Gasteiger partial charge in [0.05, 0.1) is 5.02 Å². The van der Waals surface area contributed by atoms with Crippen molar-refractivity contribution in [2.75, 3.05) is 5.32 Å². The standard InChI is InChI=1S/C14H9Cl2NO2S/c15-7-1-4-10(16)12(5-7)20-8-2-3-9-11(6-8)17-14(19)13(9)18/h1-6,13,18H,(H,17,19). The Kier molecular flexibility index (Phi) is 3.65. The van der Waals surface area contributed by atoms with Crippen LogP contribution < -0.4 is 5.32 Å². The Morgan fingerprint density at radius 2 is 1.95 bits per heavy atom. The number of benzene rings is 2. The molecule has 2 N–H and O–H groups in total. The van der Waals surface area contributed by atoms with Crippen molar-refractivity contribution >= 4 is 46.6 Å². The molecule has 1 unspecified atom stereocenters. The molecule has 1 atom stereocenters. The number of carbonyl (C=O) groups is 1. The maximum Gasteiger partial charge on any atom is 0.257 e. The van der Waals surface area contributed by atoms with Crippen molar-refractivity contribution in [2.24, 2.45) is 0 Å². The van der Waals surface area contributed by atoms with E-state index in [9.17, 15) is 9.90 Å². The molecule has 3 rings (SSSR count). The molecule has 20 heavy (non-hydrogen) atoms. The van der Waals surface area contributed by atoms with Crippen molar-refractivity contribution in [3.05, 3.63) is 52.0 Å². The van der Waals surface area contributed by atoms with Crippen LogP contribution in [0, 0.1) is 0 Å². The highest BCUT2D eigenvalue weighted by atomic mass is 35.5. The molecule has 0 aliphatic carbocycles. The second-order valence-corrected chi connectivity index (χ2v) is 6.28. The summed E-state index contributed by atoms with van der Waals surface area (Å²) in [5.74, 6) is -0.400. The van der Waals surface area contributed by atoms with Crippen molar-refractivity contribution < 1.29 is 9.90 Å². The van der Waals surface area contributed by atoms with Gasteiger partial charge in [-0.25, -0.2) is 0 Å². The van der Waals surface area contributed by atoms with Crippen molar-refractivity contribution in [3.63, 3.8) is 0 Å². The lowest BCUT2D eigenvalue weighted by Crippen LogP contribution is -2.10. The van der Waals surface area contributed by atoms with Gasteiger partial charge in [0.1, 0.15) is 0 Å². The second-order valence-electron chi connectivity index (χ2n) is 4.32. The van der Waals surface area contributed by atoms with Crippen LogP contribution in [0.1, 0.15) is 11.7 Å². The minimum absolute atomic E-state index is 0.400. The zero-order valence-corrected chi connectivity index (χ0v) is 12.4. The van der Waals surface area contributed by atoms with Gasteiger partial charge >= 0.3 is 0 Å². The molecule has 0 saturated carbocycles. The number of fused-ring (bicyclic) bond motifs is 1. The van der Waals surface area contributed by atoms with E-state index in [1.54, 1.807) is 24.3 Å². The van der Waals surface area contributed by atoms with Gasteiger partial charge < -0.3 is 10.4 Å². The van der Waals surface area contributed by atoms with Crippen LogP contribution in [0.2, 0.25) is 10.0 Å². The molecule has 1 amide bonds. The largest absolute Gasteiger partial charge is 0.378 e. The summed E-state index contributed by atoms with van der Waals surface area (Å²) in [4.78, 5) is 13.1. The summed E-state index contributed by atoms with van der Waals surface area (Å²) in [5.41, 5.74) is 1.22. The number of hydrogen-bond acceptors (Lipinski definition) is 3. The molecule has 0 radical (unpaired) electrons. The Labute approximate surface area is 129 Å². The molecule has 102 valence electrons. The van der Waals surface area contributed by atoms with E-state index in [1.165, 1.54) is 11.8 Å². The van der Waals surface area contributed by atoms with Gasteiger partial charge in [-0.3, -0.25) is 4.79 Å². The Hall–Kier alpha value is -1.20. The maximum absolute atomic E-state index is 11.4. The minimum atomic E-state index is -1.08. The number of rotatable bonds is 2. The molecule has 0 fully saturated rings. The van der Waals surface area contributed by atoms with Crippen LogP contribution in [0.4, 0.5) is 5.69 Å². The summed E-state index contributed by atoms with van der Waals surface area (Å²) >= 11 is 13.5.